The van der Waals surface area contributed by atoms with Crippen molar-refractivity contribution in [3.8, 4) is 0 Å². The summed E-state index contributed by atoms with van der Waals surface area (Å²) in [4.78, 5) is 21.9. The quantitative estimate of drug-likeness (QED) is 0.544. The van der Waals surface area contributed by atoms with E-state index in [0.717, 1.165) is 12.2 Å². The molecule has 0 aromatic heterocycles. The van der Waals surface area contributed by atoms with Crippen LogP contribution in [0.5, 0.6) is 0 Å². The summed E-state index contributed by atoms with van der Waals surface area (Å²) in [6.07, 6.45) is 1.95. The Bertz CT molecular complexity index is 249. The first-order valence-corrected chi connectivity index (χ1v) is 4.54. The first-order valence-electron chi connectivity index (χ1n) is 4.54. The Balaban J connectivity index is 3.95. The van der Waals surface area contributed by atoms with Crippen LogP contribution in [-0.4, -0.2) is 35.9 Å². The Labute approximate surface area is 88.7 Å². The van der Waals surface area contributed by atoms with Gasteiger partial charge in [-0.05, 0) is 20.8 Å². The number of hydrogen-bond donors (Lipinski definition) is 1. The van der Waals surface area contributed by atoms with Gasteiger partial charge in [0.2, 0.25) is 0 Å². The number of carbonyl (C=O) groups excluding carboxylic acids is 2. The third-order valence-corrected chi connectivity index (χ3v) is 1.10. The zero-order chi connectivity index (χ0) is 11.9. The summed E-state index contributed by atoms with van der Waals surface area (Å²) in [6.45, 7) is 4.85. The van der Waals surface area contributed by atoms with Crippen LogP contribution in [0.25, 0.3) is 0 Å². The second-order valence-corrected chi connectivity index (χ2v) is 3.76. The van der Waals surface area contributed by atoms with Crippen molar-refractivity contribution in [1.29, 1.82) is 0 Å². The molecule has 0 aromatic rings. The number of carbonyl (C=O) groups is 2. The molecule has 0 aromatic carbocycles. The number of esters is 2. The predicted molar refractivity (Wildman–Crippen MR) is 53.0 cm³/mol. The zero-order valence-electron chi connectivity index (χ0n) is 9.15. The van der Waals surface area contributed by atoms with E-state index in [1.165, 1.54) is 0 Å². The number of ether oxygens (including phenoxy) is 2. The van der Waals surface area contributed by atoms with Gasteiger partial charge in [0.15, 0.2) is 0 Å². The molecule has 0 aliphatic rings. The van der Waals surface area contributed by atoms with E-state index < -0.39 is 17.5 Å². The van der Waals surface area contributed by atoms with Gasteiger partial charge >= 0.3 is 11.9 Å². The lowest BCUT2D eigenvalue weighted by Gasteiger charge is -2.17. The van der Waals surface area contributed by atoms with Gasteiger partial charge in [-0.2, -0.15) is 0 Å². The standard InChI is InChI=1S/C10H16O5/c1-10(2,3)15-9(13)5-4-8(12)14-7-6-11/h4-5,11H,6-7H2,1-3H3/b5-4+. The van der Waals surface area contributed by atoms with Gasteiger partial charge in [0.25, 0.3) is 0 Å². The molecule has 0 saturated heterocycles. The van der Waals surface area contributed by atoms with Crippen LogP contribution in [0.2, 0.25) is 0 Å². The van der Waals surface area contributed by atoms with Crippen molar-refractivity contribution < 1.29 is 24.2 Å². The van der Waals surface area contributed by atoms with E-state index in [9.17, 15) is 9.59 Å². The van der Waals surface area contributed by atoms with E-state index in [4.69, 9.17) is 9.84 Å². The molecule has 0 saturated carbocycles. The van der Waals surface area contributed by atoms with E-state index in [1.54, 1.807) is 20.8 Å². The van der Waals surface area contributed by atoms with Crippen LogP contribution in [0.3, 0.4) is 0 Å². The monoisotopic (exact) mass is 216 g/mol. The Hall–Kier alpha value is -1.36. The van der Waals surface area contributed by atoms with Gasteiger partial charge in [-0.3, -0.25) is 0 Å². The van der Waals surface area contributed by atoms with E-state index in [-0.39, 0.29) is 13.2 Å². The molecule has 15 heavy (non-hydrogen) atoms. The Kier molecular flexibility index (Phi) is 5.62. The fourth-order valence-corrected chi connectivity index (χ4v) is 0.666. The molecule has 1 N–H and O–H groups in total. The predicted octanol–water partition coefficient (Wildman–Crippen LogP) is 0.420. The van der Waals surface area contributed by atoms with Gasteiger partial charge in [-0.1, -0.05) is 0 Å². The van der Waals surface area contributed by atoms with Crippen molar-refractivity contribution in [2.75, 3.05) is 13.2 Å². The minimum atomic E-state index is -0.685. The third kappa shape index (κ3) is 8.96. The van der Waals surface area contributed by atoms with E-state index in [0.29, 0.717) is 0 Å². The Morgan fingerprint density at radius 1 is 1.20 bits per heavy atom. The molecule has 0 bridgehead atoms. The van der Waals surface area contributed by atoms with Crippen molar-refractivity contribution in [2.24, 2.45) is 0 Å². The minimum Gasteiger partial charge on any atom is -0.460 e. The first kappa shape index (κ1) is 13.6. The maximum Gasteiger partial charge on any atom is 0.331 e. The number of aliphatic hydroxyl groups excluding tert-OH is 1. The number of aliphatic hydroxyl groups is 1. The van der Waals surface area contributed by atoms with Crippen molar-refractivity contribution >= 4 is 11.9 Å². The Morgan fingerprint density at radius 2 is 1.73 bits per heavy atom. The minimum absolute atomic E-state index is 0.0858. The highest BCUT2D eigenvalue weighted by molar-refractivity contribution is 5.91. The molecule has 0 amide bonds. The molecule has 0 fully saturated rings. The summed E-state index contributed by atoms with van der Waals surface area (Å²) in [5.41, 5.74) is -0.587. The second kappa shape index (κ2) is 6.19. The van der Waals surface area contributed by atoms with Crippen molar-refractivity contribution in [1.82, 2.24) is 0 Å². The fraction of sp³-hybridized carbons (Fsp3) is 0.600. The van der Waals surface area contributed by atoms with Crippen LogP contribution in [0.4, 0.5) is 0 Å². The molecule has 0 unspecified atom stereocenters. The van der Waals surface area contributed by atoms with Crippen LogP contribution >= 0.6 is 0 Å². The van der Waals surface area contributed by atoms with E-state index in [1.807, 2.05) is 0 Å². The molecule has 5 heteroatoms. The topological polar surface area (TPSA) is 72.8 Å². The molecule has 0 aliphatic carbocycles. The molecule has 0 heterocycles. The van der Waals surface area contributed by atoms with Crippen LogP contribution in [0, 0.1) is 0 Å². The van der Waals surface area contributed by atoms with Crippen LogP contribution in [0.15, 0.2) is 12.2 Å². The summed E-state index contributed by atoms with van der Waals surface area (Å²) in [5.74, 6) is -1.29. The highest BCUT2D eigenvalue weighted by Crippen LogP contribution is 2.06. The van der Waals surface area contributed by atoms with Crippen molar-refractivity contribution in [3.63, 3.8) is 0 Å². The van der Waals surface area contributed by atoms with Crippen LogP contribution < -0.4 is 0 Å². The largest absolute Gasteiger partial charge is 0.460 e. The van der Waals surface area contributed by atoms with Gasteiger partial charge in [0, 0.05) is 12.2 Å². The van der Waals surface area contributed by atoms with Crippen LogP contribution in [-0.2, 0) is 19.1 Å². The Morgan fingerprint density at radius 3 is 2.20 bits per heavy atom. The highest BCUT2D eigenvalue weighted by atomic mass is 16.6. The molecular formula is C10H16O5. The lowest BCUT2D eigenvalue weighted by Crippen LogP contribution is -2.22. The van der Waals surface area contributed by atoms with Crippen molar-refractivity contribution in [2.45, 2.75) is 26.4 Å². The summed E-state index contributed by atoms with van der Waals surface area (Å²) in [7, 11) is 0. The summed E-state index contributed by atoms with van der Waals surface area (Å²) < 4.78 is 9.40. The third-order valence-electron chi connectivity index (χ3n) is 1.10. The summed E-state index contributed by atoms with van der Waals surface area (Å²) in [6, 6.07) is 0. The first-order chi connectivity index (χ1) is 6.85. The molecule has 5 nitrogen and oxygen atoms in total. The molecular weight excluding hydrogens is 200 g/mol. The van der Waals surface area contributed by atoms with Gasteiger partial charge < -0.3 is 14.6 Å². The maximum atomic E-state index is 11.1. The van der Waals surface area contributed by atoms with Gasteiger partial charge in [0.05, 0.1) is 6.61 Å². The molecule has 0 rings (SSSR count). The molecule has 0 aliphatic heterocycles. The highest BCUT2D eigenvalue weighted by Gasteiger charge is 2.14. The molecule has 0 spiro atoms. The van der Waals surface area contributed by atoms with Crippen LogP contribution in [0.1, 0.15) is 20.8 Å². The normalized spacial score (nSPS) is 11.5. The van der Waals surface area contributed by atoms with E-state index >= 15 is 0 Å². The second-order valence-electron chi connectivity index (χ2n) is 3.76. The lowest BCUT2D eigenvalue weighted by atomic mass is 10.2. The SMILES string of the molecule is CC(C)(C)OC(=O)/C=C/C(=O)OCCO. The average molecular weight is 216 g/mol. The molecule has 0 radical (unpaired) electrons. The molecule has 0 atom stereocenters. The maximum absolute atomic E-state index is 11.1. The van der Waals surface area contributed by atoms with E-state index in [2.05, 4.69) is 4.74 Å². The average Bonchev–Trinajstić information content (AvgIpc) is 2.08. The van der Waals surface area contributed by atoms with Gasteiger partial charge in [-0.15, -0.1) is 0 Å². The molecule has 86 valence electrons. The smallest absolute Gasteiger partial charge is 0.331 e. The number of hydrogen-bond acceptors (Lipinski definition) is 5. The number of rotatable bonds is 4. The zero-order valence-corrected chi connectivity index (χ0v) is 9.15. The summed E-state index contributed by atoms with van der Waals surface area (Å²) in [5, 5.41) is 8.35. The lowest BCUT2D eigenvalue weighted by molar-refractivity contribution is -0.149. The van der Waals surface area contributed by atoms with Gasteiger partial charge in [0.1, 0.15) is 12.2 Å². The fourth-order valence-electron chi connectivity index (χ4n) is 0.666. The van der Waals surface area contributed by atoms with Gasteiger partial charge in [-0.25, -0.2) is 9.59 Å². The van der Waals surface area contributed by atoms with Crippen molar-refractivity contribution in [3.05, 3.63) is 12.2 Å². The summed E-state index contributed by atoms with van der Waals surface area (Å²) >= 11 is 0.